The van der Waals surface area contributed by atoms with Crippen LogP contribution in [0.25, 0.3) is 11.0 Å². The van der Waals surface area contributed by atoms with Crippen molar-refractivity contribution in [3.8, 4) is 0 Å². The van der Waals surface area contributed by atoms with Crippen LogP contribution in [0.1, 0.15) is 39.2 Å². The van der Waals surface area contributed by atoms with E-state index in [1.54, 1.807) is 4.57 Å². The van der Waals surface area contributed by atoms with Crippen LogP contribution >= 0.6 is 11.6 Å². The normalized spacial score (nSPS) is 36.2. The molecule has 1 aliphatic heterocycles. The fraction of sp³-hybridized carbons (Fsp3) is 0.588. The third kappa shape index (κ3) is 1.94. The number of carbonyl (C=O) groups is 1. The lowest BCUT2D eigenvalue weighted by molar-refractivity contribution is -0.176. The minimum Gasteiger partial charge on any atom is -0.342 e. The molecule has 8 heteroatoms. The molecule has 5 rings (SSSR count). The first-order valence-electron chi connectivity index (χ1n) is 8.40. The summed E-state index contributed by atoms with van der Waals surface area (Å²) in [6.07, 6.45) is 4.05. The number of halogens is 2. The Labute approximate surface area is 148 Å². The van der Waals surface area contributed by atoms with Gasteiger partial charge in [0.2, 0.25) is 0 Å². The molecule has 0 radical (unpaired) electrons. The predicted molar refractivity (Wildman–Crippen MR) is 86.6 cm³/mol. The van der Waals surface area contributed by atoms with Crippen molar-refractivity contribution in [3.05, 3.63) is 23.5 Å². The first-order valence-corrected chi connectivity index (χ1v) is 8.77. The molecular weight excluding hydrogens is 349 g/mol. The van der Waals surface area contributed by atoms with Crippen molar-refractivity contribution < 1.29 is 18.7 Å². The van der Waals surface area contributed by atoms with Gasteiger partial charge in [0.1, 0.15) is 34.6 Å². The van der Waals surface area contributed by atoms with Crippen molar-refractivity contribution in [1.82, 2.24) is 14.5 Å². The van der Waals surface area contributed by atoms with Gasteiger partial charge in [-0.25, -0.2) is 14.4 Å². The predicted octanol–water partition coefficient (Wildman–Crippen LogP) is 3.04. The van der Waals surface area contributed by atoms with Crippen molar-refractivity contribution >= 4 is 28.4 Å². The molecule has 0 bridgehead atoms. The average Bonchev–Trinajstić information content (AvgIpc) is 3.18. The number of ketones is 1. The maximum Gasteiger partial charge on any atom is 0.164 e. The summed E-state index contributed by atoms with van der Waals surface area (Å²) in [7, 11) is 0. The van der Waals surface area contributed by atoms with E-state index in [4.69, 9.17) is 21.1 Å². The van der Waals surface area contributed by atoms with Gasteiger partial charge in [-0.2, -0.15) is 0 Å². The molecule has 1 saturated heterocycles. The number of Topliss-reactive ketones (excluding diaryl/α,β-unsaturated/α-hetero) is 1. The van der Waals surface area contributed by atoms with Crippen molar-refractivity contribution in [2.75, 3.05) is 0 Å². The topological polar surface area (TPSA) is 66.2 Å². The van der Waals surface area contributed by atoms with Crippen LogP contribution in [0.2, 0.25) is 5.15 Å². The number of hydrogen-bond acceptors (Lipinski definition) is 5. The lowest BCUT2D eigenvalue weighted by atomic mass is 9.92. The van der Waals surface area contributed by atoms with Gasteiger partial charge in [-0.15, -0.1) is 0 Å². The van der Waals surface area contributed by atoms with E-state index in [1.165, 1.54) is 12.5 Å². The lowest BCUT2D eigenvalue weighted by Gasteiger charge is -2.27. The van der Waals surface area contributed by atoms with Gasteiger partial charge in [0.25, 0.3) is 0 Å². The molecule has 132 valence electrons. The molecule has 3 fully saturated rings. The van der Waals surface area contributed by atoms with E-state index >= 15 is 0 Å². The van der Waals surface area contributed by atoms with E-state index in [-0.39, 0.29) is 34.4 Å². The van der Waals surface area contributed by atoms with E-state index in [9.17, 15) is 9.18 Å². The number of nitrogens with zero attached hydrogens (tertiary/aromatic N) is 3. The highest BCUT2D eigenvalue weighted by Gasteiger charge is 2.69. The molecule has 0 unspecified atom stereocenters. The van der Waals surface area contributed by atoms with Crippen LogP contribution in [0.3, 0.4) is 0 Å². The first kappa shape index (κ1) is 15.7. The van der Waals surface area contributed by atoms with Crippen LogP contribution in [-0.4, -0.2) is 37.8 Å². The minimum atomic E-state index is -0.777. The molecule has 6 nitrogen and oxygen atoms in total. The van der Waals surface area contributed by atoms with Crippen LogP contribution in [0.5, 0.6) is 0 Å². The SMILES string of the molecule is CC1(C)O[C@H]2[C@H](n3cc(F)c4c(Cl)ncnc43)C[C@@H]3C(=O)CC[C@@]32O1. The highest BCUT2D eigenvalue weighted by molar-refractivity contribution is 6.34. The quantitative estimate of drug-likeness (QED) is 0.727. The third-order valence-electron chi connectivity index (χ3n) is 5.77. The van der Waals surface area contributed by atoms with Gasteiger partial charge in [0.15, 0.2) is 11.6 Å². The highest BCUT2D eigenvalue weighted by Crippen LogP contribution is 2.59. The smallest absolute Gasteiger partial charge is 0.164 e. The van der Waals surface area contributed by atoms with Crippen LogP contribution in [0.15, 0.2) is 12.5 Å². The van der Waals surface area contributed by atoms with E-state index in [2.05, 4.69) is 9.97 Å². The van der Waals surface area contributed by atoms with Gasteiger partial charge in [0, 0.05) is 12.6 Å². The molecule has 0 N–H and O–H groups in total. The van der Waals surface area contributed by atoms with E-state index in [0.29, 0.717) is 24.9 Å². The number of rotatable bonds is 1. The zero-order valence-corrected chi connectivity index (χ0v) is 14.6. The summed E-state index contributed by atoms with van der Waals surface area (Å²) in [5.41, 5.74) is -0.215. The number of ether oxygens (including phenoxy) is 2. The Morgan fingerprint density at radius 3 is 3.00 bits per heavy atom. The summed E-state index contributed by atoms with van der Waals surface area (Å²) in [6, 6.07) is -0.242. The van der Waals surface area contributed by atoms with E-state index in [0.717, 1.165) is 0 Å². The largest absolute Gasteiger partial charge is 0.342 e. The van der Waals surface area contributed by atoms with Crippen molar-refractivity contribution in [2.45, 2.75) is 56.6 Å². The lowest BCUT2D eigenvalue weighted by Crippen LogP contribution is -2.40. The van der Waals surface area contributed by atoms with Crippen LogP contribution in [-0.2, 0) is 14.3 Å². The van der Waals surface area contributed by atoms with Crippen molar-refractivity contribution in [2.24, 2.45) is 5.92 Å². The zero-order valence-electron chi connectivity index (χ0n) is 13.8. The number of aromatic nitrogens is 3. The maximum atomic E-state index is 14.5. The molecule has 0 amide bonds. The highest BCUT2D eigenvalue weighted by atomic mass is 35.5. The molecule has 3 heterocycles. The Hall–Kier alpha value is -1.57. The van der Waals surface area contributed by atoms with Gasteiger partial charge in [0.05, 0.1) is 17.3 Å². The second-order valence-electron chi connectivity index (χ2n) is 7.56. The molecule has 2 aromatic heterocycles. The summed E-state index contributed by atoms with van der Waals surface area (Å²) in [5.74, 6) is -1.29. The molecule has 2 aromatic rings. The Morgan fingerprint density at radius 1 is 1.40 bits per heavy atom. The fourth-order valence-electron chi connectivity index (χ4n) is 4.96. The van der Waals surface area contributed by atoms with Gasteiger partial charge >= 0.3 is 0 Å². The Balaban J connectivity index is 1.67. The van der Waals surface area contributed by atoms with E-state index in [1.807, 2.05) is 13.8 Å². The second kappa shape index (κ2) is 4.78. The molecule has 2 aliphatic carbocycles. The standard InChI is InChI=1S/C17H17ClFN3O3/c1-16(2)24-13-10(5-8-11(23)3-4-17(8,13)25-16)22-6-9(19)12-14(18)20-7-21-15(12)22/h6-8,10,13H,3-5H2,1-2H3/t8-,10-,13+,17-/m1/s1. The van der Waals surface area contributed by atoms with Gasteiger partial charge in [-0.1, -0.05) is 11.6 Å². The molecular formula is C17H17ClFN3O3. The summed E-state index contributed by atoms with van der Waals surface area (Å²) >= 11 is 6.04. The molecule has 0 aromatic carbocycles. The molecule has 2 saturated carbocycles. The molecule has 4 atom stereocenters. The number of carbonyl (C=O) groups excluding carboxylic acids is 1. The molecule has 1 spiro atoms. The van der Waals surface area contributed by atoms with Crippen LogP contribution in [0, 0.1) is 11.7 Å². The Bertz CT molecular complexity index is 914. The summed E-state index contributed by atoms with van der Waals surface area (Å²) < 4.78 is 28.6. The van der Waals surface area contributed by atoms with Crippen LogP contribution < -0.4 is 0 Å². The molecule has 3 aliphatic rings. The monoisotopic (exact) mass is 365 g/mol. The number of fused-ring (bicyclic) bond motifs is 1. The summed E-state index contributed by atoms with van der Waals surface area (Å²) in [4.78, 5) is 20.5. The van der Waals surface area contributed by atoms with Crippen molar-refractivity contribution in [1.29, 1.82) is 0 Å². The Morgan fingerprint density at radius 2 is 2.20 bits per heavy atom. The Kier molecular flexibility index (Phi) is 2.99. The maximum absolute atomic E-state index is 14.5. The van der Waals surface area contributed by atoms with E-state index < -0.39 is 17.2 Å². The third-order valence-corrected chi connectivity index (χ3v) is 6.06. The van der Waals surface area contributed by atoms with Gasteiger partial charge < -0.3 is 14.0 Å². The summed E-state index contributed by atoms with van der Waals surface area (Å²) in [5, 5.41) is 0.272. The first-order chi connectivity index (χ1) is 11.8. The summed E-state index contributed by atoms with van der Waals surface area (Å²) in [6.45, 7) is 3.70. The minimum absolute atomic E-state index is 0.0779. The van der Waals surface area contributed by atoms with Crippen LogP contribution in [0.4, 0.5) is 4.39 Å². The fourth-order valence-corrected chi connectivity index (χ4v) is 5.18. The zero-order chi connectivity index (χ0) is 17.6. The number of hydrogen-bond donors (Lipinski definition) is 0. The average molecular weight is 366 g/mol. The second-order valence-corrected chi connectivity index (χ2v) is 7.92. The van der Waals surface area contributed by atoms with Gasteiger partial charge in [-0.3, -0.25) is 4.79 Å². The molecule has 25 heavy (non-hydrogen) atoms. The van der Waals surface area contributed by atoms with Gasteiger partial charge in [-0.05, 0) is 26.7 Å². The van der Waals surface area contributed by atoms with Crippen molar-refractivity contribution in [3.63, 3.8) is 0 Å².